The maximum absolute atomic E-state index is 10.8. The summed E-state index contributed by atoms with van der Waals surface area (Å²) in [5, 5.41) is 23.6. The Morgan fingerprint density at radius 2 is 2.33 bits per heavy atom. The SMILES string of the molecule is Nc1c([N+](=O)[O-])c(C2CC2)nn1CCO. The molecule has 1 aliphatic rings. The highest BCUT2D eigenvalue weighted by Crippen LogP contribution is 2.45. The van der Waals surface area contributed by atoms with E-state index in [1.165, 1.54) is 4.68 Å². The molecular weight excluding hydrogens is 200 g/mol. The number of aliphatic hydroxyl groups is 1. The Bertz CT molecular complexity index is 397. The average molecular weight is 212 g/mol. The molecule has 1 heterocycles. The van der Waals surface area contributed by atoms with E-state index >= 15 is 0 Å². The average Bonchev–Trinajstić information content (AvgIpc) is 2.94. The highest BCUT2D eigenvalue weighted by molar-refractivity contribution is 5.58. The molecule has 2 rings (SSSR count). The first-order valence-corrected chi connectivity index (χ1v) is 4.76. The van der Waals surface area contributed by atoms with Crippen molar-refractivity contribution in [3.63, 3.8) is 0 Å². The number of nitrogens with zero attached hydrogens (tertiary/aromatic N) is 3. The van der Waals surface area contributed by atoms with Crippen molar-refractivity contribution in [2.75, 3.05) is 12.3 Å². The fourth-order valence-corrected chi connectivity index (χ4v) is 1.57. The largest absolute Gasteiger partial charge is 0.394 e. The van der Waals surface area contributed by atoms with Gasteiger partial charge in [0.25, 0.3) is 0 Å². The first kappa shape index (κ1) is 9.91. The lowest BCUT2D eigenvalue weighted by molar-refractivity contribution is -0.384. The number of hydrogen-bond donors (Lipinski definition) is 2. The molecular formula is C8H12N4O3. The molecule has 0 radical (unpaired) electrons. The molecule has 1 aromatic rings. The Morgan fingerprint density at radius 3 is 2.80 bits per heavy atom. The Morgan fingerprint density at radius 1 is 1.67 bits per heavy atom. The lowest BCUT2D eigenvalue weighted by atomic mass is 10.2. The van der Waals surface area contributed by atoms with Gasteiger partial charge in [-0.15, -0.1) is 0 Å². The summed E-state index contributed by atoms with van der Waals surface area (Å²) in [5.74, 6) is 0.212. The van der Waals surface area contributed by atoms with Gasteiger partial charge < -0.3 is 10.8 Å². The van der Waals surface area contributed by atoms with E-state index in [2.05, 4.69) is 5.10 Å². The first-order valence-electron chi connectivity index (χ1n) is 4.76. The Labute approximate surface area is 85.6 Å². The van der Waals surface area contributed by atoms with Crippen LogP contribution in [-0.4, -0.2) is 26.4 Å². The standard InChI is InChI=1S/C8H12N4O3/c9-8-7(12(14)15)6(5-1-2-5)10-11(8)3-4-13/h5,13H,1-4,9H2. The number of hydrogen-bond acceptors (Lipinski definition) is 5. The minimum atomic E-state index is -0.496. The molecule has 15 heavy (non-hydrogen) atoms. The van der Waals surface area contributed by atoms with E-state index in [1.807, 2.05) is 0 Å². The molecule has 0 atom stereocenters. The van der Waals surface area contributed by atoms with E-state index < -0.39 is 4.92 Å². The molecule has 0 unspecified atom stereocenters. The smallest absolute Gasteiger partial charge is 0.334 e. The zero-order chi connectivity index (χ0) is 11.0. The topological polar surface area (TPSA) is 107 Å². The summed E-state index contributed by atoms with van der Waals surface area (Å²) < 4.78 is 1.30. The predicted octanol–water partition coefficient (Wildman–Crippen LogP) is 0.243. The molecule has 0 aromatic carbocycles. The number of nitro groups is 1. The van der Waals surface area contributed by atoms with Crippen molar-refractivity contribution < 1.29 is 10.0 Å². The summed E-state index contributed by atoms with van der Waals surface area (Å²) >= 11 is 0. The van der Waals surface area contributed by atoms with Crippen LogP contribution in [0.15, 0.2) is 0 Å². The predicted molar refractivity (Wildman–Crippen MR) is 52.4 cm³/mol. The maximum atomic E-state index is 10.8. The van der Waals surface area contributed by atoms with Crippen LogP contribution in [0.25, 0.3) is 0 Å². The van der Waals surface area contributed by atoms with Crippen LogP contribution < -0.4 is 5.73 Å². The number of aliphatic hydroxyl groups excluding tert-OH is 1. The summed E-state index contributed by atoms with van der Waals surface area (Å²) in [6.45, 7) is 0.0620. The highest BCUT2D eigenvalue weighted by Gasteiger charge is 2.36. The zero-order valence-corrected chi connectivity index (χ0v) is 8.09. The van der Waals surface area contributed by atoms with Gasteiger partial charge in [-0.1, -0.05) is 0 Å². The second-order valence-electron chi connectivity index (χ2n) is 3.60. The molecule has 1 aliphatic carbocycles. The van der Waals surface area contributed by atoms with Crippen molar-refractivity contribution in [3.05, 3.63) is 15.8 Å². The summed E-state index contributed by atoms with van der Waals surface area (Å²) in [6, 6.07) is 0. The lowest BCUT2D eigenvalue weighted by Gasteiger charge is -1.97. The van der Waals surface area contributed by atoms with Gasteiger partial charge in [-0.25, -0.2) is 4.68 Å². The fourth-order valence-electron chi connectivity index (χ4n) is 1.57. The number of anilines is 1. The quantitative estimate of drug-likeness (QED) is 0.549. The van der Waals surface area contributed by atoms with Crippen LogP contribution in [0.2, 0.25) is 0 Å². The number of rotatable bonds is 4. The van der Waals surface area contributed by atoms with E-state index in [1.54, 1.807) is 0 Å². The molecule has 7 nitrogen and oxygen atoms in total. The molecule has 0 aliphatic heterocycles. The number of aromatic nitrogens is 2. The summed E-state index contributed by atoms with van der Waals surface area (Å²) in [5.41, 5.74) is 5.98. The van der Waals surface area contributed by atoms with E-state index in [0.717, 1.165) is 12.8 Å². The van der Waals surface area contributed by atoms with Crippen molar-refractivity contribution >= 4 is 11.5 Å². The van der Waals surface area contributed by atoms with Crippen LogP contribution >= 0.6 is 0 Å². The summed E-state index contributed by atoms with van der Waals surface area (Å²) in [4.78, 5) is 10.3. The van der Waals surface area contributed by atoms with Crippen LogP contribution in [0.4, 0.5) is 11.5 Å². The summed E-state index contributed by atoms with van der Waals surface area (Å²) in [6.07, 6.45) is 1.85. The normalized spacial score (nSPS) is 15.5. The monoisotopic (exact) mass is 212 g/mol. The molecule has 82 valence electrons. The first-order chi connectivity index (χ1) is 7.15. The van der Waals surface area contributed by atoms with Gasteiger partial charge in [0.15, 0.2) is 0 Å². The molecule has 1 fully saturated rings. The number of nitrogen functional groups attached to an aromatic ring is 1. The lowest BCUT2D eigenvalue weighted by Crippen LogP contribution is -2.08. The van der Waals surface area contributed by atoms with Gasteiger partial charge in [0.1, 0.15) is 5.69 Å². The van der Waals surface area contributed by atoms with E-state index in [4.69, 9.17) is 10.8 Å². The third kappa shape index (κ3) is 1.65. The van der Waals surface area contributed by atoms with Crippen molar-refractivity contribution in [1.29, 1.82) is 0 Å². The zero-order valence-electron chi connectivity index (χ0n) is 8.09. The van der Waals surface area contributed by atoms with Gasteiger partial charge in [0.2, 0.25) is 5.82 Å². The van der Waals surface area contributed by atoms with E-state index in [0.29, 0.717) is 5.69 Å². The third-order valence-electron chi connectivity index (χ3n) is 2.45. The number of nitrogens with two attached hydrogens (primary N) is 1. The van der Waals surface area contributed by atoms with Crippen LogP contribution in [0.5, 0.6) is 0 Å². The molecule has 0 saturated heterocycles. The molecule has 3 N–H and O–H groups in total. The van der Waals surface area contributed by atoms with Gasteiger partial charge in [-0.3, -0.25) is 10.1 Å². The molecule has 0 bridgehead atoms. The van der Waals surface area contributed by atoms with Gasteiger partial charge in [-0.2, -0.15) is 5.10 Å². The summed E-state index contributed by atoms with van der Waals surface area (Å²) in [7, 11) is 0. The van der Waals surface area contributed by atoms with E-state index in [9.17, 15) is 10.1 Å². The van der Waals surface area contributed by atoms with Crippen molar-refractivity contribution in [2.45, 2.75) is 25.3 Å². The maximum Gasteiger partial charge on any atom is 0.334 e. The molecule has 1 saturated carbocycles. The fraction of sp³-hybridized carbons (Fsp3) is 0.625. The van der Waals surface area contributed by atoms with E-state index in [-0.39, 0.29) is 30.6 Å². The van der Waals surface area contributed by atoms with Crippen LogP contribution in [0.3, 0.4) is 0 Å². The van der Waals surface area contributed by atoms with Gasteiger partial charge in [0.05, 0.1) is 18.1 Å². The Hall–Kier alpha value is -1.63. The van der Waals surface area contributed by atoms with Crippen molar-refractivity contribution in [1.82, 2.24) is 9.78 Å². The third-order valence-corrected chi connectivity index (χ3v) is 2.45. The van der Waals surface area contributed by atoms with Gasteiger partial charge >= 0.3 is 5.69 Å². The van der Waals surface area contributed by atoms with Crippen molar-refractivity contribution in [3.8, 4) is 0 Å². The van der Waals surface area contributed by atoms with Crippen molar-refractivity contribution in [2.24, 2.45) is 0 Å². The van der Waals surface area contributed by atoms with Gasteiger partial charge in [0, 0.05) is 5.92 Å². The molecule has 7 heteroatoms. The minimum absolute atomic E-state index is 0.0379. The van der Waals surface area contributed by atoms with Gasteiger partial charge in [-0.05, 0) is 12.8 Å². The Balaban J connectivity index is 2.43. The molecule has 0 spiro atoms. The second-order valence-corrected chi connectivity index (χ2v) is 3.60. The molecule has 1 aromatic heterocycles. The van der Waals surface area contributed by atoms with Crippen LogP contribution in [0, 0.1) is 10.1 Å². The highest BCUT2D eigenvalue weighted by atomic mass is 16.6. The molecule has 0 amide bonds. The Kier molecular flexibility index (Phi) is 2.31. The van der Waals surface area contributed by atoms with Crippen LogP contribution in [0.1, 0.15) is 24.5 Å². The second kappa shape index (κ2) is 3.50. The van der Waals surface area contributed by atoms with Crippen LogP contribution in [-0.2, 0) is 6.54 Å². The minimum Gasteiger partial charge on any atom is -0.394 e.